The minimum Gasteiger partial charge on any atom is -0.425 e. The number of alkyl halides is 5. The molecule has 42 heavy (non-hydrogen) atoms. The molecule has 1 aromatic heterocycles. The molecule has 3 aromatic carbocycles. The van der Waals surface area contributed by atoms with Crippen LogP contribution in [-0.4, -0.2) is 39.3 Å². The van der Waals surface area contributed by atoms with E-state index < -0.39 is 65.4 Å². The van der Waals surface area contributed by atoms with Crippen molar-refractivity contribution in [3.05, 3.63) is 92.6 Å². The number of hydrogen-bond donors (Lipinski definition) is 3. The number of aromatic nitrogens is 2. The second-order valence-corrected chi connectivity index (χ2v) is 9.64. The third kappa shape index (κ3) is 5.04. The van der Waals surface area contributed by atoms with Gasteiger partial charge in [-0.1, -0.05) is 11.6 Å². The number of amides is 2. The first-order chi connectivity index (χ1) is 19.7. The molecule has 16 heteroatoms. The van der Waals surface area contributed by atoms with Crippen LogP contribution in [0.5, 0.6) is 0 Å². The van der Waals surface area contributed by atoms with Gasteiger partial charge in [0.25, 0.3) is 18.2 Å². The highest BCUT2D eigenvalue weighted by Gasteiger charge is 2.38. The number of nitrogens with zero attached hydrogens (tertiary/aromatic N) is 3. The zero-order chi connectivity index (χ0) is 30.7. The minimum atomic E-state index is -4.97. The lowest BCUT2D eigenvalue weighted by molar-refractivity contribution is -0.137. The number of hydrogen-bond acceptors (Lipinski definition) is 4. The van der Waals surface area contributed by atoms with Crippen molar-refractivity contribution in [3.63, 3.8) is 0 Å². The Morgan fingerprint density at radius 3 is 2.52 bits per heavy atom. The zero-order valence-electron chi connectivity index (χ0n) is 21.0. The number of nitrogens with one attached hydrogen (secondary N) is 2. The number of aryl methyl sites for hydroxylation is 1. The van der Waals surface area contributed by atoms with E-state index in [0.717, 1.165) is 22.8 Å². The van der Waals surface area contributed by atoms with Crippen LogP contribution in [0, 0.1) is 11.6 Å². The molecule has 1 unspecified atom stereocenters. The number of carbonyl (C=O) groups excluding carboxylic acids is 2. The van der Waals surface area contributed by atoms with Gasteiger partial charge in [-0.25, -0.2) is 22.6 Å². The lowest BCUT2D eigenvalue weighted by atomic mass is 9.95. The Kier molecular flexibility index (Phi) is 7.17. The number of anilines is 1. The summed E-state index contributed by atoms with van der Waals surface area (Å²) in [5, 5.41) is 15.7. The number of carbonyl (C=O) groups is 2. The topological polar surface area (TPSA) is 101 Å². The third-order valence-corrected chi connectivity index (χ3v) is 6.88. The molecule has 0 saturated heterocycles. The van der Waals surface area contributed by atoms with E-state index in [4.69, 9.17) is 11.6 Å². The number of benzene rings is 3. The Balaban J connectivity index is 1.76. The van der Waals surface area contributed by atoms with Gasteiger partial charge in [-0.3, -0.25) is 9.59 Å². The fourth-order valence-electron chi connectivity index (χ4n) is 4.80. The van der Waals surface area contributed by atoms with Crippen molar-refractivity contribution in [3.8, 4) is 0 Å². The van der Waals surface area contributed by atoms with Gasteiger partial charge in [-0.15, -0.1) is 4.73 Å². The van der Waals surface area contributed by atoms with E-state index in [1.807, 2.05) is 0 Å². The lowest BCUT2D eigenvalue weighted by Gasteiger charge is -2.18. The van der Waals surface area contributed by atoms with Gasteiger partial charge in [0, 0.05) is 34.4 Å². The fourth-order valence-corrected chi connectivity index (χ4v) is 5.03. The van der Waals surface area contributed by atoms with Gasteiger partial charge in [-0.05, 0) is 42.5 Å². The quantitative estimate of drug-likeness (QED) is 0.207. The van der Waals surface area contributed by atoms with Gasteiger partial charge in [0.1, 0.15) is 23.7 Å². The first-order valence-corrected chi connectivity index (χ1v) is 12.3. The van der Waals surface area contributed by atoms with E-state index in [1.54, 1.807) is 0 Å². The summed E-state index contributed by atoms with van der Waals surface area (Å²) in [6.07, 6.45) is -7.85. The summed E-state index contributed by atoms with van der Waals surface area (Å²) >= 11 is 6.28. The van der Waals surface area contributed by atoms with Crippen molar-refractivity contribution in [1.82, 2.24) is 14.6 Å². The molecule has 0 bridgehead atoms. The van der Waals surface area contributed by atoms with Crippen molar-refractivity contribution in [2.24, 2.45) is 12.0 Å². The molecule has 0 aliphatic carbocycles. The molecule has 0 saturated carbocycles. The van der Waals surface area contributed by atoms with Gasteiger partial charge >= 0.3 is 6.18 Å². The predicted octanol–water partition coefficient (Wildman–Crippen LogP) is 5.42. The maximum atomic E-state index is 14.2. The molecule has 2 heterocycles. The molecule has 3 N–H and O–H groups in total. The molecular weight excluding hydrogens is 599 g/mol. The van der Waals surface area contributed by atoms with E-state index in [9.17, 15) is 45.5 Å². The maximum absolute atomic E-state index is 14.2. The molecule has 0 radical (unpaired) electrons. The van der Waals surface area contributed by atoms with Crippen LogP contribution in [0.25, 0.3) is 11.0 Å². The highest BCUT2D eigenvalue weighted by atomic mass is 35.5. The standard InChI is InChI=1S/C26H17ClF7N5O3/c1-38-22-17(39(42)25(38)35-9-18(30)31)8-16(36-23(40)10-4-11(26(32,33)34)6-13(29)5-10)19-20(22)24(41)37-21(19)14-7-12(28)2-3-15(14)27/h2-8,18,21,42H,9H2,1H3,(H,36,40)(H,37,41). The highest BCUT2D eigenvalue weighted by Crippen LogP contribution is 2.42. The first kappa shape index (κ1) is 29.0. The molecule has 220 valence electrons. The molecule has 0 spiro atoms. The average molecular weight is 616 g/mol. The van der Waals surface area contributed by atoms with E-state index in [0.29, 0.717) is 16.9 Å². The Bertz CT molecular complexity index is 1850. The van der Waals surface area contributed by atoms with Gasteiger partial charge in [0.15, 0.2) is 0 Å². The monoisotopic (exact) mass is 615 g/mol. The van der Waals surface area contributed by atoms with Crippen molar-refractivity contribution in [2.45, 2.75) is 18.6 Å². The number of halogens is 8. The molecular formula is C26H17ClF7N5O3. The average Bonchev–Trinajstić information content (AvgIpc) is 3.36. The van der Waals surface area contributed by atoms with Crippen LogP contribution < -0.4 is 16.3 Å². The molecule has 2 amide bonds. The van der Waals surface area contributed by atoms with Crippen LogP contribution in [0.1, 0.15) is 43.4 Å². The molecule has 5 rings (SSSR count). The van der Waals surface area contributed by atoms with E-state index >= 15 is 0 Å². The van der Waals surface area contributed by atoms with Crippen LogP contribution in [0.15, 0.2) is 47.5 Å². The largest absolute Gasteiger partial charge is 0.425 e. The van der Waals surface area contributed by atoms with Crippen LogP contribution in [-0.2, 0) is 13.2 Å². The normalized spacial score (nSPS) is 15.4. The number of imidazole rings is 1. The summed E-state index contributed by atoms with van der Waals surface area (Å²) in [4.78, 5) is 30.1. The summed E-state index contributed by atoms with van der Waals surface area (Å²) in [6.45, 7) is -1.01. The summed E-state index contributed by atoms with van der Waals surface area (Å²) in [7, 11) is 1.32. The SMILES string of the molecule is Cn1c(=NCC(F)F)n(O)c2cc(NC(=O)c3cc(F)cc(C(F)(F)F)c3)c3c(c21)C(=O)NC3c1cc(F)ccc1Cl. The van der Waals surface area contributed by atoms with E-state index in [2.05, 4.69) is 15.6 Å². The van der Waals surface area contributed by atoms with Crippen molar-refractivity contribution in [1.29, 1.82) is 0 Å². The predicted molar refractivity (Wildman–Crippen MR) is 135 cm³/mol. The molecule has 4 aromatic rings. The molecule has 1 aliphatic heterocycles. The Morgan fingerprint density at radius 2 is 1.86 bits per heavy atom. The molecule has 8 nitrogen and oxygen atoms in total. The smallest absolute Gasteiger partial charge is 0.416 e. The lowest BCUT2D eigenvalue weighted by Crippen LogP contribution is -2.24. The summed E-state index contributed by atoms with van der Waals surface area (Å²) < 4.78 is 95.3. The van der Waals surface area contributed by atoms with E-state index in [1.165, 1.54) is 13.1 Å². The zero-order valence-corrected chi connectivity index (χ0v) is 21.8. The van der Waals surface area contributed by atoms with Crippen LogP contribution in [0.2, 0.25) is 5.02 Å². The van der Waals surface area contributed by atoms with Gasteiger partial charge in [-0.2, -0.15) is 13.2 Å². The Hall–Kier alpha value is -4.53. The Labute approximate surface area is 235 Å². The summed E-state index contributed by atoms with van der Waals surface area (Å²) in [6, 6.07) is 4.34. The fraction of sp³-hybridized carbons (Fsp3) is 0.192. The van der Waals surface area contributed by atoms with E-state index in [-0.39, 0.29) is 44.5 Å². The number of fused-ring (bicyclic) bond motifs is 3. The minimum absolute atomic E-state index is 0.00333. The summed E-state index contributed by atoms with van der Waals surface area (Å²) in [5.41, 5.74) is -3.28. The third-order valence-electron chi connectivity index (χ3n) is 6.54. The molecule has 1 atom stereocenters. The number of rotatable bonds is 5. The van der Waals surface area contributed by atoms with Crippen LogP contribution in [0.3, 0.4) is 0 Å². The maximum Gasteiger partial charge on any atom is 0.416 e. The van der Waals surface area contributed by atoms with Crippen LogP contribution in [0.4, 0.5) is 36.4 Å². The summed E-state index contributed by atoms with van der Waals surface area (Å²) in [5.74, 6) is -4.11. The van der Waals surface area contributed by atoms with Crippen LogP contribution >= 0.6 is 11.6 Å². The molecule has 0 fully saturated rings. The van der Waals surface area contributed by atoms with Crippen molar-refractivity contribution in [2.75, 3.05) is 11.9 Å². The van der Waals surface area contributed by atoms with Gasteiger partial charge in [0.2, 0.25) is 5.62 Å². The van der Waals surface area contributed by atoms with Crippen molar-refractivity contribution < 1.29 is 45.5 Å². The highest BCUT2D eigenvalue weighted by molar-refractivity contribution is 6.31. The first-order valence-electron chi connectivity index (χ1n) is 11.9. The second-order valence-electron chi connectivity index (χ2n) is 9.24. The second kappa shape index (κ2) is 10.4. The Morgan fingerprint density at radius 1 is 1.14 bits per heavy atom. The van der Waals surface area contributed by atoms with Gasteiger partial charge in [0.05, 0.1) is 22.7 Å². The van der Waals surface area contributed by atoms with Gasteiger partial charge < -0.3 is 20.4 Å². The van der Waals surface area contributed by atoms with Crippen molar-refractivity contribution >= 4 is 40.1 Å². The molecule has 1 aliphatic rings.